The van der Waals surface area contributed by atoms with Crippen molar-refractivity contribution in [1.29, 1.82) is 0 Å². The molecule has 114 valence electrons. The fraction of sp³-hybridized carbons (Fsp3) is 0.667. The molecule has 0 fully saturated rings. The lowest BCUT2D eigenvalue weighted by atomic mass is 9.99. The van der Waals surface area contributed by atoms with Gasteiger partial charge in [-0.3, -0.25) is 0 Å². The molecule has 0 aliphatic heterocycles. The Hall–Kier alpha value is -0.860. The molecule has 0 aromatic heterocycles. The zero-order chi connectivity index (χ0) is 14.8. The molecule has 2 unspecified atom stereocenters. The van der Waals surface area contributed by atoms with E-state index >= 15 is 0 Å². The van der Waals surface area contributed by atoms with Crippen molar-refractivity contribution in [2.75, 3.05) is 13.2 Å². The Morgan fingerprint density at radius 2 is 1.75 bits per heavy atom. The summed E-state index contributed by atoms with van der Waals surface area (Å²) in [5.74, 6) is 0.590. The van der Waals surface area contributed by atoms with Gasteiger partial charge < -0.3 is 10.4 Å². The van der Waals surface area contributed by atoms with E-state index < -0.39 is 0 Å². The molecule has 0 radical (unpaired) electrons. The van der Waals surface area contributed by atoms with E-state index in [2.05, 4.69) is 50.4 Å². The second kappa shape index (κ2) is 9.95. The van der Waals surface area contributed by atoms with Crippen LogP contribution in [0.15, 0.2) is 24.3 Å². The van der Waals surface area contributed by atoms with Crippen molar-refractivity contribution < 1.29 is 5.11 Å². The maximum atomic E-state index is 9.10. The van der Waals surface area contributed by atoms with Gasteiger partial charge in [-0.25, -0.2) is 0 Å². The first-order valence-electron chi connectivity index (χ1n) is 8.14. The molecule has 1 aromatic carbocycles. The third kappa shape index (κ3) is 6.06. The number of hydrogen-bond acceptors (Lipinski definition) is 2. The summed E-state index contributed by atoms with van der Waals surface area (Å²) >= 11 is 0. The van der Waals surface area contributed by atoms with Crippen molar-refractivity contribution in [3.05, 3.63) is 35.4 Å². The predicted molar refractivity (Wildman–Crippen MR) is 87.0 cm³/mol. The van der Waals surface area contributed by atoms with E-state index in [-0.39, 0.29) is 0 Å². The van der Waals surface area contributed by atoms with Gasteiger partial charge >= 0.3 is 0 Å². The Morgan fingerprint density at radius 1 is 1.05 bits per heavy atom. The van der Waals surface area contributed by atoms with Gasteiger partial charge in [0.2, 0.25) is 0 Å². The molecule has 2 nitrogen and oxygen atoms in total. The van der Waals surface area contributed by atoms with Crippen LogP contribution in [0.3, 0.4) is 0 Å². The molecule has 0 saturated carbocycles. The third-order valence-corrected chi connectivity index (χ3v) is 3.97. The van der Waals surface area contributed by atoms with Crippen LogP contribution in [0.25, 0.3) is 0 Å². The maximum absolute atomic E-state index is 9.10. The van der Waals surface area contributed by atoms with Gasteiger partial charge in [0.15, 0.2) is 0 Å². The van der Waals surface area contributed by atoms with Gasteiger partial charge in [0.1, 0.15) is 0 Å². The molecule has 0 saturated heterocycles. The highest BCUT2D eigenvalue weighted by Crippen LogP contribution is 2.16. The van der Waals surface area contributed by atoms with E-state index in [1.54, 1.807) is 0 Å². The van der Waals surface area contributed by atoms with Crippen molar-refractivity contribution in [2.45, 2.75) is 58.9 Å². The average Bonchev–Trinajstić information content (AvgIpc) is 2.46. The van der Waals surface area contributed by atoms with Crippen molar-refractivity contribution in [3.63, 3.8) is 0 Å². The first-order valence-corrected chi connectivity index (χ1v) is 8.14. The molecule has 0 spiro atoms. The third-order valence-electron chi connectivity index (χ3n) is 3.97. The Kier molecular flexibility index (Phi) is 8.56. The summed E-state index contributed by atoms with van der Waals surface area (Å²) in [5, 5.41) is 12.7. The van der Waals surface area contributed by atoms with Crippen LogP contribution in [0.5, 0.6) is 0 Å². The molecule has 0 amide bonds. The number of aliphatic hydroxyl groups excluding tert-OH is 1. The first-order chi connectivity index (χ1) is 9.71. The Morgan fingerprint density at radius 3 is 2.30 bits per heavy atom. The van der Waals surface area contributed by atoms with Crippen molar-refractivity contribution in [3.8, 4) is 0 Å². The molecular formula is C18H31NO. The smallest absolute Gasteiger partial charge is 0.0434 e. The van der Waals surface area contributed by atoms with Gasteiger partial charge in [-0.15, -0.1) is 0 Å². The van der Waals surface area contributed by atoms with Crippen LogP contribution < -0.4 is 5.32 Å². The number of nitrogens with one attached hydrogen (secondary N) is 1. The lowest BCUT2D eigenvalue weighted by Crippen LogP contribution is -2.26. The van der Waals surface area contributed by atoms with Crippen molar-refractivity contribution in [1.82, 2.24) is 5.32 Å². The van der Waals surface area contributed by atoms with Crippen LogP contribution in [-0.2, 0) is 6.42 Å². The molecule has 20 heavy (non-hydrogen) atoms. The summed E-state index contributed by atoms with van der Waals surface area (Å²) in [6, 6.07) is 9.35. The van der Waals surface area contributed by atoms with Crippen LogP contribution >= 0.6 is 0 Å². The minimum absolute atomic E-state index is 0.298. The Bertz CT molecular complexity index is 341. The predicted octanol–water partition coefficient (Wildman–Crippen LogP) is 4.09. The second-order valence-electron chi connectivity index (χ2n) is 5.79. The fourth-order valence-corrected chi connectivity index (χ4v) is 2.66. The summed E-state index contributed by atoms with van der Waals surface area (Å²) in [6.07, 6.45) is 5.65. The SMILES string of the molecule is CCCc1ccc(C(C)NCC(CCC)CCO)cc1. The van der Waals surface area contributed by atoms with Crippen molar-refractivity contribution >= 4 is 0 Å². The van der Waals surface area contributed by atoms with Gasteiger partial charge in [0, 0.05) is 12.6 Å². The number of benzene rings is 1. The maximum Gasteiger partial charge on any atom is 0.0434 e. The van der Waals surface area contributed by atoms with Crippen LogP contribution in [-0.4, -0.2) is 18.3 Å². The normalized spacial score (nSPS) is 14.2. The van der Waals surface area contributed by atoms with Crippen molar-refractivity contribution in [2.24, 2.45) is 5.92 Å². The summed E-state index contributed by atoms with van der Waals surface area (Å²) < 4.78 is 0. The second-order valence-corrected chi connectivity index (χ2v) is 5.79. The monoisotopic (exact) mass is 277 g/mol. The van der Waals surface area contributed by atoms with E-state index in [9.17, 15) is 0 Å². The van der Waals surface area contributed by atoms with Gasteiger partial charge in [-0.05, 0) is 49.8 Å². The molecule has 2 atom stereocenters. The van der Waals surface area contributed by atoms with E-state index in [1.807, 2.05) is 0 Å². The minimum atomic E-state index is 0.298. The summed E-state index contributed by atoms with van der Waals surface area (Å²) in [7, 11) is 0. The highest BCUT2D eigenvalue weighted by Gasteiger charge is 2.10. The topological polar surface area (TPSA) is 32.3 Å². The van der Waals surface area contributed by atoms with Crippen LogP contribution in [0.4, 0.5) is 0 Å². The standard InChI is InChI=1S/C18H31NO/c1-4-6-16-8-10-18(11-9-16)15(3)19-14-17(7-5-2)12-13-20/h8-11,15,17,19-20H,4-7,12-14H2,1-3H3. The zero-order valence-electron chi connectivity index (χ0n) is 13.4. The zero-order valence-corrected chi connectivity index (χ0v) is 13.4. The largest absolute Gasteiger partial charge is 0.396 e. The van der Waals surface area contributed by atoms with Gasteiger partial charge in [0.05, 0.1) is 0 Å². The quantitative estimate of drug-likeness (QED) is 0.675. The molecule has 0 aliphatic rings. The van der Waals surface area contributed by atoms with Gasteiger partial charge in [-0.2, -0.15) is 0 Å². The first kappa shape index (κ1) is 17.2. The Labute approximate surface area is 124 Å². The van der Waals surface area contributed by atoms with E-state index in [1.165, 1.54) is 30.4 Å². The van der Waals surface area contributed by atoms with Gasteiger partial charge in [0.25, 0.3) is 0 Å². The van der Waals surface area contributed by atoms with E-state index in [4.69, 9.17) is 5.11 Å². The number of aliphatic hydroxyl groups is 1. The average molecular weight is 277 g/mol. The van der Waals surface area contributed by atoms with Crippen LogP contribution in [0, 0.1) is 5.92 Å². The number of hydrogen-bond donors (Lipinski definition) is 2. The molecule has 0 aliphatic carbocycles. The molecule has 2 heteroatoms. The Balaban J connectivity index is 2.46. The molecular weight excluding hydrogens is 246 g/mol. The van der Waals surface area contributed by atoms with E-state index in [0.717, 1.165) is 19.4 Å². The number of aryl methyl sites for hydroxylation is 1. The van der Waals surface area contributed by atoms with Gasteiger partial charge in [-0.1, -0.05) is 51.0 Å². The highest BCUT2D eigenvalue weighted by molar-refractivity contribution is 5.24. The highest BCUT2D eigenvalue weighted by atomic mass is 16.3. The van der Waals surface area contributed by atoms with Crippen LogP contribution in [0.2, 0.25) is 0 Å². The summed E-state index contributed by atoms with van der Waals surface area (Å²) in [5.41, 5.74) is 2.77. The van der Waals surface area contributed by atoms with E-state index in [0.29, 0.717) is 18.6 Å². The van der Waals surface area contributed by atoms with Crippen LogP contribution in [0.1, 0.15) is 63.6 Å². The molecule has 1 aromatic rings. The summed E-state index contributed by atoms with van der Waals surface area (Å²) in [4.78, 5) is 0. The molecule has 0 bridgehead atoms. The fourth-order valence-electron chi connectivity index (χ4n) is 2.66. The molecule has 0 heterocycles. The lowest BCUT2D eigenvalue weighted by Gasteiger charge is -2.20. The number of rotatable bonds is 10. The minimum Gasteiger partial charge on any atom is -0.396 e. The molecule has 2 N–H and O–H groups in total. The summed E-state index contributed by atoms with van der Waals surface area (Å²) in [6.45, 7) is 7.93. The molecule has 1 rings (SSSR count). The lowest BCUT2D eigenvalue weighted by molar-refractivity contribution is 0.246.